The predicted octanol–water partition coefficient (Wildman–Crippen LogP) is 5.75. The summed E-state index contributed by atoms with van der Waals surface area (Å²) in [6.07, 6.45) is 6.68. The molecule has 0 saturated carbocycles. The number of carbonyl (C=O) groups excluding carboxylic acids is 1. The van der Waals surface area contributed by atoms with E-state index in [2.05, 4.69) is 43.2 Å². The highest BCUT2D eigenvalue weighted by molar-refractivity contribution is 7.91. The number of amides is 1. The van der Waals surface area contributed by atoms with Crippen LogP contribution in [0.2, 0.25) is 0 Å². The molecule has 5 rings (SSSR count). The van der Waals surface area contributed by atoms with E-state index in [1.54, 1.807) is 30.5 Å². The van der Waals surface area contributed by atoms with Crippen molar-refractivity contribution in [3.05, 3.63) is 102 Å². The Morgan fingerprint density at radius 1 is 1.02 bits per heavy atom. The van der Waals surface area contributed by atoms with Crippen molar-refractivity contribution in [3.8, 4) is 11.4 Å². The number of pyridine rings is 1. The Kier molecular flexibility index (Phi) is 9.82. The molecule has 4 aromatic rings. The summed E-state index contributed by atoms with van der Waals surface area (Å²) in [4.78, 5) is 17.1. The third-order valence-corrected chi connectivity index (χ3v) is 9.77. The zero-order chi connectivity index (χ0) is 32.0. The van der Waals surface area contributed by atoms with Gasteiger partial charge in [0.1, 0.15) is 21.3 Å². The minimum atomic E-state index is -2.88. The van der Waals surface area contributed by atoms with Gasteiger partial charge in [-0.1, -0.05) is 39.0 Å². The van der Waals surface area contributed by atoms with Crippen LogP contribution in [0, 0.1) is 11.3 Å². The van der Waals surface area contributed by atoms with Gasteiger partial charge in [-0.05, 0) is 84.8 Å². The highest BCUT2D eigenvalue weighted by Crippen LogP contribution is 2.26. The van der Waals surface area contributed by atoms with E-state index in [0.717, 1.165) is 41.0 Å². The quantitative estimate of drug-likeness (QED) is 0.204. The van der Waals surface area contributed by atoms with E-state index in [1.165, 1.54) is 0 Å². The molecule has 0 radical (unpaired) electrons. The number of rotatable bonds is 11. The lowest BCUT2D eigenvalue weighted by Crippen LogP contribution is -2.25. The molecular weight excluding hydrogens is 586 g/mol. The van der Waals surface area contributed by atoms with Crippen LogP contribution in [0.4, 0.5) is 5.69 Å². The maximum absolute atomic E-state index is 13.0. The third kappa shape index (κ3) is 8.88. The number of carbonyl (C=O) groups is 1. The van der Waals surface area contributed by atoms with Gasteiger partial charge in [0, 0.05) is 36.3 Å². The molecule has 0 unspecified atom stereocenters. The summed E-state index contributed by atoms with van der Waals surface area (Å²) in [6.45, 7) is 6.77. The van der Waals surface area contributed by atoms with E-state index >= 15 is 0 Å². The first-order chi connectivity index (χ1) is 21.4. The van der Waals surface area contributed by atoms with Crippen LogP contribution in [0.25, 0.3) is 5.69 Å². The second kappa shape index (κ2) is 13.8. The summed E-state index contributed by atoms with van der Waals surface area (Å²) in [5.41, 5.74) is 5.03. The van der Waals surface area contributed by atoms with E-state index in [9.17, 15) is 13.2 Å². The van der Waals surface area contributed by atoms with Crippen molar-refractivity contribution in [2.24, 2.45) is 5.92 Å². The zero-order valence-corrected chi connectivity index (χ0v) is 26.9. The molecule has 1 amide bonds. The molecule has 0 atom stereocenters. The standard InChI is InChI=1S/C35H41N5O4S/c1-35(2,3)33-23-30(40(39-33)29-10-6-25(7-11-29)21-26-15-19-45(42,43)20-16-26)22-32(36)34(41)38-28-8-12-31(13-9-28)44-18-14-27-5-4-17-37-24-27/h4-13,17,23-24,26,36H,14-16,18-22H2,1-3H3,(H,38,41). The summed E-state index contributed by atoms with van der Waals surface area (Å²) in [6, 6.07) is 21.1. The van der Waals surface area contributed by atoms with E-state index in [0.29, 0.717) is 36.8 Å². The van der Waals surface area contributed by atoms with Gasteiger partial charge in [0.15, 0.2) is 0 Å². The van der Waals surface area contributed by atoms with Gasteiger partial charge in [0.05, 0.1) is 35.2 Å². The topological polar surface area (TPSA) is 127 Å². The van der Waals surface area contributed by atoms with E-state index in [1.807, 2.05) is 41.2 Å². The molecule has 1 saturated heterocycles. The second-order valence-corrected chi connectivity index (χ2v) is 15.0. The van der Waals surface area contributed by atoms with Crippen molar-refractivity contribution in [2.45, 2.75) is 58.3 Å². The van der Waals surface area contributed by atoms with Crippen molar-refractivity contribution in [1.29, 1.82) is 5.41 Å². The number of benzene rings is 2. The first-order valence-electron chi connectivity index (χ1n) is 15.3. The minimum Gasteiger partial charge on any atom is -0.493 e. The number of nitrogens with one attached hydrogen (secondary N) is 2. The molecule has 1 fully saturated rings. The molecule has 2 aromatic heterocycles. The fourth-order valence-corrected chi connectivity index (χ4v) is 6.91. The first kappa shape index (κ1) is 32.1. The average Bonchev–Trinajstić information content (AvgIpc) is 3.44. The van der Waals surface area contributed by atoms with Crippen LogP contribution in [0.3, 0.4) is 0 Å². The zero-order valence-electron chi connectivity index (χ0n) is 26.1. The average molecular weight is 628 g/mol. The monoisotopic (exact) mass is 627 g/mol. The molecule has 1 aliphatic heterocycles. The molecule has 0 bridgehead atoms. The van der Waals surface area contributed by atoms with Crippen molar-refractivity contribution in [3.63, 3.8) is 0 Å². The lowest BCUT2D eigenvalue weighted by Gasteiger charge is -2.22. The Bertz CT molecular complexity index is 1710. The van der Waals surface area contributed by atoms with Gasteiger partial charge in [-0.3, -0.25) is 15.2 Å². The maximum atomic E-state index is 13.0. The van der Waals surface area contributed by atoms with Gasteiger partial charge in [-0.2, -0.15) is 5.10 Å². The minimum absolute atomic E-state index is 0.0720. The summed E-state index contributed by atoms with van der Waals surface area (Å²) in [5.74, 6) is 1.13. The number of hydrogen-bond acceptors (Lipinski definition) is 7. The number of anilines is 1. The van der Waals surface area contributed by atoms with Crippen LogP contribution in [-0.2, 0) is 39.3 Å². The van der Waals surface area contributed by atoms with Gasteiger partial charge < -0.3 is 10.1 Å². The predicted molar refractivity (Wildman–Crippen MR) is 177 cm³/mol. The van der Waals surface area contributed by atoms with Gasteiger partial charge >= 0.3 is 0 Å². The number of aromatic nitrogens is 3. The van der Waals surface area contributed by atoms with Crippen LogP contribution in [0.15, 0.2) is 79.1 Å². The van der Waals surface area contributed by atoms with Crippen LogP contribution in [0.1, 0.15) is 56.1 Å². The Balaban J connectivity index is 1.21. The van der Waals surface area contributed by atoms with Crippen LogP contribution in [-0.4, -0.2) is 52.9 Å². The van der Waals surface area contributed by atoms with Crippen molar-refractivity contribution in [2.75, 3.05) is 23.4 Å². The molecule has 0 aliphatic carbocycles. The van der Waals surface area contributed by atoms with Crippen molar-refractivity contribution < 1.29 is 17.9 Å². The van der Waals surface area contributed by atoms with E-state index in [4.69, 9.17) is 15.2 Å². The second-order valence-electron chi connectivity index (χ2n) is 12.7. The summed E-state index contributed by atoms with van der Waals surface area (Å²) in [7, 11) is -2.88. The number of ether oxygens (including phenoxy) is 1. The smallest absolute Gasteiger partial charge is 0.269 e. The molecule has 0 spiro atoms. The van der Waals surface area contributed by atoms with Crippen LogP contribution < -0.4 is 10.1 Å². The van der Waals surface area contributed by atoms with Crippen molar-refractivity contribution in [1.82, 2.24) is 14.8 Å². The number of nitrogens with zero attached hydrogens (tertiary/aromatic N) is 3. The molecule has 236 valence electrons. The van der Waals surface area contributed by atoms with E-state index in [-0.39, 0.29) is 29.1 Å². The molecule has 3 heterocycles. The molecule has 2 N–H and O–H groups in total. The first-order valence-corrected chi connectivity index (χ1v) is 17.2. The molecule has 10 heteroatoms. The highest BCUT2D eigenvalue weighted by atomic mass is 32.2. The van der Waals surface area contributed by atoms with Crippen LogP contribution >= 0.6 is 0 Å². The maximum Gasteiger partial charge on any atom is 0.269 e. The molecule has 9 nitrogen and oxygen atoms in total. The molecule has 2 aromatic carbocycles. The summed E-state index contributed by atoms with van der Waals surface area (Å²) in [5, 5.41) is 16.3. The molecule has 1 aliphatic rings. The summed E-state index contributed by atoms with van der Waals surface area (Å²) < 4.78 is 31.2. The third-order valence-electron chi connectivity index (χ3n) is 8.06. The lowest BCUT2D eigenvalue weighted by atomic mass is 9.92. The molecular formula is C35H41N5O4S. The molecule has 45 heavy (non-hydrogen) atoms. The normalized spacial score (nSPS) is 15.0. The highest BCUT2D eigenvalue weighted by Gasteiger charge is 2.25. The Hall–Kier alpha value is -4.31. The van der Waals surface area contributed by atoms with Gasteiger partial charge in [-0.15, -0.1) is 0 Å². The number of hydrogen-bond donors (Lipinski definition) is 2. The fraction of sp³-hybridized carbons (Fsp3) is 0.371. The van der Waals surface area contributed by atoms with E-state index < -0.39 is 15.7 Å². The largest absolute Gasteiger partial charge is 0.493 e. The van der Waals surface area contributed by atoms with Crippen LogP contribution in [0.5, 0.6) is 5.75 Å². The lowest BCUT2D eigenvalue weighted by molar-refractivity contribution is -0.110. The van der Waals surface area contributed by atoms with Gasteiger partial charge in [-0.25, -0.2) is 13.1 Å². The van der Waals surface area contributed by atoms with Crippen molar-refractivity contribution >= 4 is 27.1 Å². The van der Waals surface area contributed by atoms with Gasteiger partial charge in [0.25, 0.3) is 5.91 Å². The SMILES string of the molecule is CC(C)(C)c1cc(CC(=N)C(=O)Nc2ccc(OCCc3cccnc3)cc2)n(-c2ccc(CC3CCS(=O)(=O)CC3)cc2)n1. The summed E-state index contributed by atoms with van der Waals surface area (Å²) >= 11 is 0. The Labute approximate surface area is 265 Å². The number of sulfone groups is 1. The van der Waals surface area contributed by atoms with Gasteiger partial charge in [0.2, 0.25) is 0 Å². The Morgan fingerprint density at radius 3 is 2.38 bits per heavy atom. The Morgan fingerprint density at radius 2 is 1.73 bits per heavy atom. The fourth-order valence-electron chi connectivity index (χ4n) is 5.32.